The van der Waals surface area contributed by atoms with Gasteiger partial charge in [-0.05, 0) is 13.8 Å². The van der Waals surface area contributed by atoms with Crippen molar-refractivity contribution in [2.45, 2.75) is 32.1 Å². The van der Waals surface area contributed by atoms with E-state index in [1.807, 2.05) is 18.7 Å². The van der Waals surface area contributed by atoms with Crippen LogP contribution in [-0.4, -0.2) is 43.2 Å². The van der Waals surface area contributed by atoms with Crippen molar-refractivity contribution < 1.29 is 0 Å². The zero-order chi connectivity index (χ0) is 13.6. The Morgan fingerprint density at radius 1 is 1.42 bits per heavy atom. The first-order chi connectivity index (χ1) is 9.09. The van der Waals surface area contributed by atoms with Crippen LogP contribution < -0.4 is 4.90 Å². The molecule has 2 aromatic heterocycles. The van der Waals surface area contributed by atoms with Crippen LogP contribution >= 0.6 is 23.4 Å². The van der Waals surface area contributed by atoms with Gasteiger partial charge in [-0.2, -0.15) is 31.3 Å². The van der Waals surface area contributed by atoms with Gasteiger partial charge >= 0.3 is 0 Å². The molecule has 19 heavy (non-hydrogen) atoms. The fourth-order valence-corrected chi connectivity index (χ4v) is 3.71. The van der Waals surface area contributed by atoms with Crippen molar-refractivity contribution in [1.29, 1.82) is 0 Å². The molecule has 1 aliphatic rings. The van der Waals surface area contributed by atoms with E-state index in [2.05, 4.69) is 33.8 Å². The monoisotopic (exact) mass is 297 g/mol. The van der Waals surface area contributed by atoms with E-state index in [4.69, 9.17) is 11.6 Å². The minimum Gasteiger partial charge on any atom is -0.352 e. The fourth-order valence-electron chi connectivity index (χ4n) is 2.45. The number of hydrogen-bond acceptors (Lipinski definition) is 5. The molecule has 0 aromatic carbocycles. The van der Waals surface area contributed by atoms with E-state index in [0.717, 1.165) is 23.7 Å². The van der Waals surface area contributed by atoms with Gasteiger partial charge in [-0.3, -0.25) is 0 Å². The Bertz CT molecular complexity index is 613. The number of thioether (sulfide) groups is 1. The van der Waals surface area contributed by atoms with Gasteiger partial charge in [-0.15, -0.1) is 0 Å². The van der Waals surface area contributed by atoms with Crippen LogP contribution in [0.2, 0.25) is 5.15 Å². The maximum Gasteiger partial charge on any atom is 0.255 e. The van der Waals surface area contributed by atoms with Crippen LogP contribution in [0, 0.1) is 6.92 Å². The average Bonchev–Trinajstić information content (AvgIpc) is 2.83. The molecule has 2 unspecified atom stereocenters. The minimum atomic E-state index is 0.434. The third-order valence-corrected chi connectivity index (χ3v) is 5.44. The molecule has 1 saturated heterocycles. The fraction of sp³-hybridized carbons (Fsp3) is 0.583. The Kier molecular flexibility index (Phi) is 3.30. The van der Waals surface area contributed by atoms with Gasteiger partial charge in [0, 0.05) is 29.2 Å². The lowest BCUT2D eigenvalue weighted by atomic mass is 10.2. The minimum absolute atomic E-state index is 0.434. The van der Waals surface area contributed by atoms with Crippen LogP contribution in [0.15, 0.2) is 6.33 Å². The molecule has 2 aromatic rings. The van der Waals surface area contributed by atoms with Crippen LogP contribution in [0.3, 0.4) is 0 Å². The highest BCUT2D eigenvalue weighted by molar-refractivity contribution is 8.00. The Morgan fingerprint density at radius 3 is 3.00 bits per heavy atom. The molecule has 0 radical (unpaired) electrons. The molecular weight excluding hydrogens is 282 g/mol. The topological polar surface area (TPSA) is 46.3 Å². The van der Waals surface area contributed by atoms with Crippen LogP contribution in [0.5, 0.6) is 0 Å². The molecule has 3 heterocycles. The molecule has 5 nitrogen and oxygen atoms in total. The van der Waals surface area contributed by atoms with E-state index in [1.165, 1.54) is 6.33 Å². The largest absolute Gasteiger partial charge is 0.352 e. The molecule has 102 valence electrons. The van der Waals surface area contributed by atoms with Crippen LogP contribution in [-0.2, 0) is 0 Å². The maximum atomic E-state index is 6.23. The lowest BCUT2D eigenvalue weighted by molar-refractivity contribution is 0.609. The van der Waals surface area contributed by atoms with E-state index in [9.17, 15) is 0 Å². The first kappa shape index (κ1) is 13.0. The van der Waals surface area contributed by atoms with Crippen molar-refractivity contribution in [2.24, 2.45) is 0 Å². The summed E-state index contributed by atoms with van der Waals surface area (Å²) in [6.45, 7) is 7.49. The van der Waals surface area contributed by atoms with E-state index < -0.39 is 0 Å². The molecule has 1 fully saturated rings. The Morgan fingerprint density at radius 2 is 2.21 bits per heavy atom. The first-order valence-corrected chi connectivity index (χ1v) is 7.76. The summed E-state index contributed by atoms with van der Waals surface area (Å²) in [4.78, 5) is 10.8. The highest BCUT2D eigenvalue weighted by atomic mass is 35.5. The Labute approximate surface area is 121 Å². The van der Waals surface area contributed by atoms with Crippen molar-refractivity contribution in [3.8, 4) is 0 Å². The molecule has 3 rings (SSSR count). The second-order valence-electron chi connectivity index (χ2n) is 4.83. The zero-order valence-corrected chi connectivity index (χ0v) is 12.7. The molecule has 0 amide bonds. The summed E-state index contributed by atoms with van der Waals surface area (Å²) in [5.41, 5.74) is 0.964. The van der Waals surface area contributed by atoms with Gasteiger partial charge in [0.05, 0.1) is 0 Å². The van der Waals surface area contributed by atoms with Gasteiger partial charge in [-0.1, -0.05) is 18.5 Å². The standard InChI is InChI=1S/C12H16ClN5S/c1-7-10(13)16-12-14-6-15-18(12)11(7)17-4-5-19-9(3)8(17)2/h6,8-9H,4-5H2,1-3H3. The van der Waals surface area contributed by atoms with Crippen molar-refractivity contribution >= 4 is 35.0 Å². The lowest BCUT2D eigenvalue weighted by Crippen LogP contribution is -2.46. The van der Waals surface area contributed by atoms with E-state index in [-0.39, 0.29) is 0 Å². The maximum absolute atomic E-state index is 6.23. The lowest BCUT2D eigenvalue weighted by Gasteiger charge is -2.39. The third kappa shape index (κ3) is 2.07. The highest BCUT2D eigenvalue weighted by Crippen LogP contribution is 2.32. The number of aromatic nitrogens is 4. The molecule has 0 bridgehead atoms. The average molecular weight is 298 g/mol. The summed E-state index contributed by atoms with van der Waals surface area (Å²) in [6, 6.07) is 0.434. The van der Waals surface area contributed by atoms with Crippen molar-refractivity contribution in [3.05, 3.63) is 17.0 Å². The second-order valence-corrected chi connectivity index (χ2v) is 6.68. The number of halogens is 1. The number of rotatable bonds is 1. The van der Waals surface area contributed by atoms with E-state index >= 15 is 0 Å². The van der Waals surface area contributed by atoms with Crippen LogP contribution in [0.1, 0.15) is 19.4 Å². The summed E-state index contributed by atoms with van der Waals surface area (Å²) < 4.78 is 1.79. The third-order valence-electron chi connectivity index (χ3n) is 3.73. The second kappa shape index (κ2) is 4.83. The van der Waals surface area contributed by atoms with Gasteiger partial charge in [-0.25, -0.2) is 0 Å². The molecule has 0 spiro atoms. The van der Waals surface area contributed by atoms with Gasteiger partial charge in [0.1, 0.15) is 17.3 Å². The number of anilines is 1. The van der Waals surface area contributed by atoms with Gasteiger partial charge in [0.25, 0.3) is 5.78 Å². The van der Waals surface area contributed by atoms with Crippen LogP contribution in [0.25, 0.3) is 5.78 Å². The summed E-state index contributed by atoms with van der Waals surface area (Å²) in [7, 11) is 0. The smallest absolute Gasteiger partial charge is 0.255 e. The van der Waals surface area contributed by atoms with E-state index in [1.54, 1.807) is 4.52 Å². The highest BCUT2D eigenvalue weighted by Gasteiger charge is 2.29. The SMILES string of the molecule is Cc1c(Cl)nc2ncnn2c1N1CCSC(C)C1C. The van der Waals surface area contributed by atoms with Crippen molar-refractivity contribution in [3.63, 3.8) is 0 Å². The normalized spacial score (nSPS) is 24.1. The summed E-state index contributed by atoms with van der Waals surface area (Å²) >= 11 is 8.24. The van der Waals surface area contributed by atoms with Crippen molar-refractivity contribution in [2.75, 3.05) is 17.2 Å². The molecule has 7 heteroatoms. The predicted octanol–water partition coefficient (Wildman–Crippen LogP) is 2.42. The van der Waals surface area contributed by atoms with Gasteiger partial charge in [0.15, 0.2) is 0 Å². The number of hydrogen-bond donors (Lipinski definition) is 0. The molecule has 2 atom stereocenters. The summed E-state index contributed by atoms with van der Waals surface area (Å²) in [5, 5.41) is 5.38. The quantitative estimate of drug-likeness (QED) is 0.757. The van der Waals surface area contributed by atoms with Crippen LogP contribution in [0.4, 0.5) is 5.82 Å². The predicted molar refractivity (Wildman–Crippen MR) is 79.3 cm³/mol. The molecule has 0 N–H and O–H groups in total. The molecule has 0 aliphatic carbocycles. The van der Waals surface area contributed by atoms with E-state index in [0.29, 0.717) is 22.2 Å². The van der Waals surface area contributed by atoms with Gasteiger partial charge in [0.2, 0.25) is 0 Å². The zero-order valence-electron chi connectivity index (χ0n) is 11.2. The molecule has 0 saturated carbocycles. The van der Waals surface area contributed by atoms with Crippen molar-refractivity contribution in [1.82, 2.24) is 19.6 Å². The first-order valence-electron chi connectivity index (χ1n) is 6.33. The number of fused-ring (bicyclic) bond motifs is 1. The Hall–Kier alpha value is -1.01. The Balaban J connectivity index is 2.18. The summed E-state index contributed by atoms with van der Waals surface area (Å²) in [5.74, 6) is 2.69. The van der Waals surface area contributed by atoms with Gasteiger partial charge < -0.3 is 4.90 Å². The summed E-state index contributed by atoms with van der Waals surface area (Å²) in [6.07, 6.45) is 1.52. The number of nitrogens with zero attached hydrogens (tertiary/aromatic N) is 5. The molecular formula is C12H16ClN5S. The molecule has 1 aliphatic heterocycles.